The quantitative estimate of drug-likeness (QED) is 0.482. The molecule has 1 aliphatic heterocycles. The minimum Gasteiger partial charge on any atom is -0.355 e. The summed E-state index contributed by atoms with van der Waals surface area (Å²) in [5.41, 5.74) is 6.97. The predicted molar refractivity (Wildman–Crippen MR) is 126 cm³/mol. The van der Waals surface area contributed by atoms with Crippen LogP contribution in [0.15, 0.2) is 42.5 Å². The predicted octanol–water partition coefficient (Wildman–Crippen LogP) is 7.57. The van der Waals surface area contributed by atoms with E-state index in [1.807, 2.05) is 0 Å². The lowest BCUT2D eigenvalue weighted by atomic mass is 9.84. The molecule has 0 unspecified atom stereocenters. The lowest BCUT2D eigenvalue weighted by molar-refractivity contribution is 0.407. The first kappa shape index (κ1) is 21.0. The number of rotatable bonds is 5. The van der Waals surface area contributed by atoms with Crippen LogP contribution in [0.5, 0.6) is 0 Å². The van der Waals surface area contributed by atoms with Crippen LogP contribution < -0.4 is 0 Å². The van der Waals surface area contributed by atoms with E-state index < -0.39 is 0 Å². The minimum atomic E-state index is 0.401. The molecular formula is C26H35NS. The van der Waals surface area contributed by atoms with Crippen LogP contribution in [0.2, 0.25) is 0 Å². The lowest BCUT2D eigenvalue weighted by Crippen LogP contribution is -2.31. The van der Waals surface area contributed by atoms with Gasteiger partial charge in [-0.3, -0.25) is 0 Å². The number of benzene rings is 2. The second-order valence-electron chi connectivity index (χ2n) is 9.11. The molecule has 2 aromatic carbocycles. The van der Waals surface area contributed by atoms with Crippen LogP contribution >= 0.6 is 12.2 Å². The molecular weight excluding hydrogens is 358 g/mol. The van der Waals surface area contributed by atoms with Gasteiger partial charge < -0.3 is 4.90 Å². The van der Waals surface area contributed by atoms with E-state index in [4.69, 9.17) is 12.2 Å². The molecule has 2 heteroatoms. The van der Waals surface area contributed by atoms with Crippen LogP contribution in [-0.2, 0) is 0 Å². The lowest BCUT2D eigenvalue weighted by Gasteiger charge is -2.32. The van der Waals surface area contributed by atoms with E-state index in [0.29, 0.717) is 23.8 Å². The molecule has 0 bridgehead atoms. The van der Waals surface area contributed by atoms with Gasteiger partial charge in [0.15, 0.2) is 0 Å². The van der Waals surface area contributed by atoms with Gasteiger partial charge in [0.1, 0.15) is 4.99 Å². The molecule has 1 aliphatic rings. The monoisotopic (exact) mass is 393 g/mol. The molecule has 0 spiro atoms. The molecule has 0 aromatic heterocycles. The van der Waals surface area contributed by atoms with Gasteiger partial charge in [-0.25, -0.2) is 0 Å². The summed E-state index contributed by atoms with van der Waals surface area (Å²) in [6, 6.07) is 16.1. The van der Waals surface area contributed by atoms with E-state index in [9.17, 15) is 0 Å². The Bertz CT molecular complexity index is 791. The Kier molecular flexibility index (Phi) is 6.60. The van der Waals surface area contributed by atoms with Gasteiger partial charge in [-0.1, -0.05) is 96.2 Å². The molecule has 1 atom stereocenters. The Labute approximate surface area is 177 Å². The van der Waals surface area contributed by atoms with Crippen LogP contribution in [-0.4, -0.2) is 16.4 Å². The summed E-state index contributed by atoms with van der Waals surface area (Å²) in [5, 5.41) is 0. The van der Waals surface area contributed by atoms with Crippen molar-refractivity contribution < 1.29 is 0 Å². The van der Waals surface area contributed by atoms with Gasteiger partial charge in [0, 0.05) is 12.1 Å². The smallest absolute Gasteiger partial charge is 0.110 e. The second kappa shape index (κ2) is 8.78. The third-order valence-electron chi connectivity index (χ3n) is 6.04. The van der Waals surface area contributed by atoms with E-state index >= 15 is 0 Å². The van der Waals surface area contributed by atoms with Crippen molar-refractivity contribution in [1.29, 1.82) is 0 Å². The standard InChI is InChI=1S/C26H35NS/c1-17(2)21-15-22(18(3)4)25(23(16-21)19(5)6)26(28)27-14-10-13-24(27)20-11-8-7-9-12-20/h7-9,11-12,15-19,24H,10,13-14H2,1-6H3/t24-/m1/s1. The van der Waals surface area contributed by atoms with Crippen molar-refractivity contribution in [2.24, 2.45) is 0 Å². The zero-order valence-corrected chi connectivity index (χ0v) is 19.1. The molecule has 0 radical (unpaired) electrons. The Hall–Kier alpha value is -1.67. The van der Waals surface area contributed by atoms with Crippen molar-refractivity contribution in [3.05, 3.63) is 70.3 Å². The first-order chi connectivity index (χ1) is 13.3. The average Bonchev–Trinajstić information content (AvgIpc) is 3.16. The van der Waals surface area contributed by atoms with Crippen molar-refractivity contribution in [2.75, 3.05) is 6.54 Å². The highest BCUT2D eigenvalue weighted by Crippen LogP contribution is 2.38. The average molecular weight is 394 g/mol. The maximum atomic E-state index is 6.21. The van der Waals surface area contributed by atoms with Crippen molar-refractivity contribution in [2.45, 2.75) is 78.2 Å². The van der Waals surface area contributed by atoms with Gasteiger partial charge in [0.2, 0.25) is 0 Å². The van der Waals surface area contributed by atoms with Crippen LogP contribution in [0.1, 0.15) is 106 Å². The zero-order valence-electron chi connectivity index (χ0n) is 18.3. The van der Waals surface area contributed by atoms with Crippen molar-refractivity contribution >= 4 is 17.2 Å². The molecule has 1 fully saturated rings. The van der Waals surface area contributed by atoms with Gasteiger partial charge in [-0.15, -0.1) is 0 Å². The van der Waals surface area contributed by atoms with Gasteiger partial charge in [-0.05, 0) is 52.8 Å². The van der Waals surface area contributed by atoms with Crippen LogP contribution in [0.4, 0.5) is 0 Å². The Morgan fingerprint density at radius 2 is 1.46 bits per heavy atom. The SMILES string of the molecule is CC(C)c1cc(C(C)C)c(C(=S)N2CCC[C@@H]2c2ccccc2)c(C(C)C)c1. The largest absolute Gasteiger partial charge is 0.355 e. The molecule has 1 heterocycles. The van der Waals surface area contributed by atoms with Crippen LogP contribution in [0.25, 0.3) is 0 Å². The van der Waals surface area contributed by atoms with E-state index in [1.165, 1.54) is 40.7 Å². The molecule has 3 rings (SSSR count). The summed E-state index contributed by atoms with van der Waals surface area (Å²) in [6.07, 6.45) is 2.39. The van der Waals surface area contributed by atoms with Crippen LogP contribution in [0.3, 0.4) is 0 Å². The molecule has 28 heavy (non-hydrogen) atoms. The van der Waals surface area contributed by atoms with Gasteiger partial charge >= 0.3 is 0 Å². The first-order valence-corrected chi connectivity index (χ1v) is 11.3. The highest BCUT2D eigenvalue weighted by atomic mass is 32.1. The third-order valence-corrected chi connectivity index (χ3v) is 6.48. The van der Waals surface area contributed by atoms with Gasteiger partial charge in [0.25, 0.3) is 0 Å². The molecule has 150 valence electrons. The van der Waals surface area contributed by atoms with E-state index in [0.717, 1.165) is 11.5 Å². The summed E-state index contributed by atoms with van der Waals surface area (Å²) < 4.78 is 0. The minimum absolute atomic E-state index is 0.401. The fraction of sp³-hybridized carbons (Fsp3) is 0.500. The zero-order chi connectivity index (χ0) is 20.4. The summed E-state index contributed by atoms with van der Waals surface area (Å²) in [5.74, 6) is 1.45. The summed E-state index contributed by atoms with van der Waals surface area (Å²) in [6.45, 7) is 14.8. The number of thiocarbonyl (C=S) groups is 1. The van der Waals surface area contributed by atoms with E-state index in [1.54, 1.807) is 0 Å². The van der Waals surface area contributed by atoms with Gasteiger partial charge in [-0.2, -0.15) is 0 Å². The first-order valence-electron chi connectivity index (χ1n) is 10.8. The van der Waals surface area contributed by atoms with Crippen molar-refractivity contribution in [3.8, 4) is 0 Å². The molecule has 2 aromatic rings. The highest BCUT2D eigenvalue weighted by Gasteiger charge is 2.31. The van der Waals surface area contributed by atoms with E-state index in [-0.39, 0.29) is 0 Å². The molecule has 0 aliphatic carbocycles. The maximum Gasteiger partial charge on any atom is 0.110 e. The Morgan fingerprint density at radius 1 is 0.893 bits per heavy atom. The molecule has 0 amide bonds. The summed E-state index contributed by atoms with van der Waals surface area (Å²) in [4.78, 5) is 3.54. The third kappa shape index (κ3) is 4.17. The second-order valence-corrected chi connectivity index (χ2v) is 9.49. The van der Waals surface area contributed by atoms with Crippen molar-refractivity contribution in [1.82, 2.24) is 4.90 Å². The number of hydrogen-bond acceptors (Lipinski definition) is 1. The normalized spacial score (nSPS) is 17.2. The fourth-order valence-corrected chi connectivity index (χ4v) is 4.83. The van der Waals surface area contributed by atoms with E-state index in [2.05, 4.69) is 88.9 Å². The Morgan fingerprint density at radius 3 is 1.96 bits per heavy atom. The summed E-state index contributed by atoms with van der Waals surface area (Å²) in [7, 11) is 0. The van der Waals surface area contributed by atoms with Crippen LogP contribution in [0, 0.1) is 0 Å². The molecule has 0 N–H and O–H groups in total. The highest BCUT2D eigenvalue weighted by molar-refractivity contribution is 7.80. The Balaban J connectivity index is 2.09. The fourth-order valence-electron chi connectivity index (χ4n) is 4.38. The van der Waals surface area contributed by atoms with Crippen molar-refractivity contribution in [3.63, 3.8) is 0 Å². The summed E-state index contributed by atoms with van der Waals surface area (Å²) >= 11 is 6.21. The number of likely N-dealkylation sites (tertiary alicyclic amines) is 1. The molecule has 0 saturated carbocycles. The molecule has 1 saturated heterocycles. The number of nitrogens with zero attached hydrogens (tertiary/aromatic N) is 1. The number of hydrogen-bond donors (Lipinski definition) is 0. The molecule has 1 nitrogen and oxygen atoms in total. The topological polar surface area (TPSA) is 3.24 Å². The van der Waals surface area contributed by atoms with Gasteiger partial charge in [0.05, 0.1) is 6.04 Å². The maximum absolute atomic E-state index is 6.21.